The van der Waals surface area contributed by atoms with Gasteiger partial charge in [0.25, 0.3) is 0 Å². The number of aryl methyl sites for hydroxylation is 2. The van der Waals surface area contributed by atoms with Gasteiger partial charge < -0.3 is 15.1 Å². The highest BCUT2D eigenvalue weighted by atomic mass is 32.2. The first-order chi connectivity index (χ1) is 13.7. The fraction of sp³-hybridized carbons (Fsp3) is 0.455. The van der Waals surface area contributed by atoms with Crippen LogP contribution in [0.1, 0.15) is 23.1 Å². The summed E-state index contributed by atoms with van der Waals surface area (Å²) in [7, 11) is 2.15. The molecule has 1 amide bonds. The van der Waals surface area contributed by atoms with Gasteiger partial charge in [0.2, 0.25) is 5.91 Å². The summed E-state index contributed by atoms with van der Waals surface area (Å²) in [6.07, 6.45) is 5.50. The van der Waals surface area contributed by atoms with Gasteiger partial charge in [0.05, 0.1) is 5.75 Å². The van der Waals surface area contributed by atoms with Crippen LogP contribution >= 0.6 is 11.8 Å². The predicted octanol–water partition coefficient (Wildman–Crippen LogP) is 2.73. The summed E-state index contributed by atoms with van der Waals surface area (Å²) in [5.41, 5.74) is 3.96. The molecule has 0 bridgehead atoms. The number of piperazine rings is 1. The van der Waals surface area contributed by atoms with Crippen LogP contribution < -0.4 is 10.2 Å². The van der Waals surface area contributed by atoms with Crippen LogP contribution in [-0.2, 0) is 24.2 Å². The van der Waals surface area contributed by atoms with Gasteiger partial charge in [-0.2, -0.15) is 0 Å². The molecule has 1 aliphatic heterocycles. The van der Waals surface area contributed by atoms with Crippen molar-refractivity contribution < 1.29 is 4.79 Å². The minimum Gasteiger partial charge on any atom is -0.354 e. The third-order valence-corrected chi connectivity index (χ3v) is 6.56. The minimum atomic E-state index is 0.0636. The Kier molecular flexibility index (Phi) is 6.17. The van der Waals surface area contributed by atoms with E-state index in [-0.39, 0.29) is 5.91 Å². The van der Waals surface area contributed by atoms with Crippen LogP contribution in [0.15, 0.2) is 41.4 Å². The summed E-state index contributed by atoms with van der Waals surface area (Å²) in [6.45, 7) is 4.70. The number of hydrogen-bond acceptors (Lipinski definition) is 5. The zero-order valence-corrected chi connectivity index (χ0v) is 17.3. The number of amides is 1. The van der Waals surface area contributed by atoms with Crippen LogP contribution in [0, 0.1) is 0 Å². The van der Waals surface area contributed by atoms with E-state index in [1.807, 2.05) is 6.20 Å². The maximum absolute atomic E-state index is 12.2. The van der Waals surface area contributed by atoms with E-state index in [1.165, 1.54) is 35.3 Å². The number of rotatable bonds is 6. The number of aromatic nitrogens is 1. The van der Waals surface area contributed by atoms with Crippen LogP contribution in [0.5, 0.6) is 0 Å². The normalized spacial score (nSPS) is 16.8. The van der Waals surface area contributed by atoms with Crippen molar-refractivity contribution in [3.63, 3.8) is 0 Å². The lowest BCUT2D eigenvalue weighted by Crippen LogP contribution is -2.44. The summed E-state index contributed by atoms with van der Waals surface area (Å²) in [5.74, 6) is 1.54. The zero-order valence-electron chi connectivity index (χ0n) is 16.5. The molecule has 0 atom stereocenters. The average Bonchev–Trinajstić information content (AvgIpc) is 3.19. The molecule has 0 unspecified atom stereocenters. The van der Waals surface area contributed by atoms with E-state index in [0.717, 1.165) is 37.6 Å². The lowest BCUT2D eigenvalue weighted by Gasteiger charge is -2.33. The van der Waals surface area contributed by atoms with Crippen molar-refractivity contribution in [1.29, 1.82) is 0 Å². The SMILES string of the molecule is CN1CCN(c2ccc(CNC(=O)CSc3ccc4c(c3)CCC4)cn2)CC1. The van der Waals surface area contributed by atoms with Crippen LogP contribution in [0.3, 0.4) is 0 Å². The Balaban J connectivity index is 1.22. The van der Waals surface area contributed by atoms with E-state index >= 15 is 0 Å². The Morgan fingerprint density at radius 3 is 2.71 bits per heavy atom. The highest BCUT2D eigenvalue weighted by Crippen LogP contribution is 2.27. The summed E-state index contributed by atoms with van der Waals surface area (Å²) in [6, 6.07) is 10.7. The van der Waals surface area contributed by atoms with Crippen molar-refractivity contribution in [2.75, 3.05) is 43.9 Å². The highest BCUT2D eigenvalue weighted by molar-refractivity contribution is 8.00. The molecule has 148 valence electrons. The largest absolute Gasteiger partial charge is 0.354 e. The molecule has 1 aromatic heterocycles. The van der Waals surface area contributed by atoms with Gasteiger partial charge in [0.15, 0.2) is 0 Å². The number of carbonyl (C=O) groups is 1. The summed E-state index contributed by atoms with van der Waals surface area (Å²) in [4.78, 5) is 22.6. The first-order valence-electron chi connectivity index (χ1n) is 10.1. The van der Waals surface area contributed by atoms with Crippen molar-refractivity contribution in [2.45, 2.75) is 30.7 Å². The van der Waals surface area contributed by atoms with Gasteiger partial charge in [0.1, 0.15) is 5.82 Å². The van der Waals surface area contributed by atoms with Gasteiger partial charge >= 0.3 is 0 Å². The van der Waals surface area contributed by atoms with Crippen molar-refractivity contribution in [3.8, 4) is 0 Å². The van der Waals surface area contributed by atoms with Crippen molar-refractivity contribution >= 4 is 23.5 Å². The number of hydrogen-bond donors (Lipinski definition) is 1. The van der Waals surface area contributed by atoms with Crippen LogP contribution in [0.2, 0.25) is 0 Å². The molecule has 6 heteroatoms. The van der Waals surface area contributed by atoms with Gasteiger partial charge in [-0.3, -0.25) is 4.79 Å². The van der Waals surface area contributed by atoms with E-state index in [4.69, 9.17) is 0 Å². The number of carbonyl (C=O) groups excluding carboxylic acids is 1. The van der Waals surface area contributed by atoms with Crippen molar-refractivity contribution in [3.05, 3.63) is 53.2 Å². The van der Waals surface area contributed by atoms with Crippen molar-refractivity contribution in [2.24, 2.45) is 0 Å². The van der Waals surface area contributed by atoms with Gasteiger partial charge in [-0.05, 0) is 61.2 Å². The molecule has 4 rings (SSSR count). The molecular formula is C22H28N4OS. The maximum atomic E-state index is 12.2. The number of fused-ring (bicyclic) bond motifs is 1. The van der Waals surface area contributed by atoms with E-state index < -0.39 is 0 Å². The first-order valence-corrected chi connectivity index (χ1v) is 11.1. The zero-order chi connectivity index (χ0) is 19.3. The number of thioether (sulfide) groups is 1. The van der Waals surface area contributed by atoms with Crippen molar-refractivity contribution in [1.82, 2.24) is 15.2 Å². The Labute approximate surface area is 171 Å². The molecule has 1 fully saturated rings. The second-order valence-corrected chi connectivity index (χ2v) is 8.71. The number of likely N-dealkylation sites (N-methyl/N-ethyl adjacent to an activating group) is 1. The number of benzene rings is 1. The summed E-state index contributed by atoms with van der Waals surface area (Å²) >= 11 is 1.61. The van der Waals surface area contributed by atoms with E-state index in [0.29, 0.717) is 12.3 Å². The van der Waals surface area contributed by atoms with E-state index in [9.17, 15) is 4.79 Å². The Hall–Kier alpha value is -2.05. The number of pyridine rings is 1. The lowest BCUT2D eigenvalue weighted by molar-refractivity contribution is -0.118. The highest BCUT2D eigenvalue weighted by Gasteiger charge is 2.15. The molecular weight excluding hydrogens is 368 g/mol. The summed E-state index contributed by atoms with van der Waals surface area (Å²) in [5, 5.41) is 3.01. The molecule has 0 spiro atoms. The molecule has 2 aliphatic rings. The molecule has 0 radical (unpaired) electrons. The molecule has 1 aromatic carbocycles. The quantitative estimate of drug-likeness (QED) is 0.761. The molecule has 1 aliphatic carbocycles. The van der Waals surface area contributed by atoms with Crippen LogP contribution in [0.4, 0.5) is 5.82 Å². The molecule has 1 N–H and O–H groups in total. The van der Waals surface area contributed by atoms with E-state index in [2.05, 4.69) is 57.5 Å². The monoisotopic (exact) mass is 396 g/mol. The maximum Gasteiger partial charge on any atom is 0.230 e. The molecule has 5 nitrogen and oxygen atoms in total. The Morgan fingerprint density at radius 1 is 1.11 bits per heavy atom. The Bertz CT molecular complexity index is 816. The molecule has 1 saturated heterocycles. The van der Waals surface area contributed by atoms with E-state index in [1.54, 1.807) is 11.8 Å². The molecule has 2 aromatic rings. The number of nitrogens with zero attached hydrogens (tertiary/aromatic N) is 3. The molecule has 2 heterocycles. The Morgan fingerprint density at radius 2 is 1.93 bits per heavy atom. The second kappa shape index (κ2) is 8.97. The smallest absolute Gasteiger partial charge is 0.230 e. The number of anilines is 1. The van der Waals surface area contributed by atoms with Gasteiger partial charge in [-0.15, -0.1) is 11.8 Å². The third-order valence-electron chi connectivity index (χ3n) is 5.57. The molecule has 28 heavy (non-hydrogen) atoms. The minimum absolute atomic E-state index is 0.0636. The fourth-order valence-electron chi connectivity index (χ4n) is 3.78. The molecule has 0 saturated carbocycles. The van der Waals surface area contributed by atoms with Gasteiger partial charge in [-0.1, -0.05) is 12.1 Å². The van der Waals surface area contributed by atoms with Crippen LogP contribution in [0.25, 0.3) is 0 Å². The average molecular weight is 397 g/mol. The third kappa shape index (κ3) is 4.86. The van der Waals surface area contributed by atoms with Gasteiger partial charge in [-0.25, -0.2) is 4.98 Å². The predicted molar refractivity (Wildman–Crippen MR) is 115 cm³/mol. The standard InChI is InChI=1S/C22H28N4OS/c1-25-9-11-26(12-10-25)21-8-5-17(14-23-21)15-24-22(27)16-28-20-7-6-18-3-2-4-19(18)13-20/h5-8,13-14H,2-4,9-12,15-16H2,1H3,(H,24,27). The first kappa shape index (κ1) is 19.3. The van der Waals surface area contributed by atoms with Gasteiger partial charge in [0, 0.05) is 43.8 Å². The number of nitrogens with one attached hydrogen (secondary N) is 1. The fourth-order valence-corrected chi connectivity index (χ4v) is 4.57. The lowest BCUT2D eigenvalue weighted by atomic mass is 10.1. The van der Waals surface area contributed by atoms with Crippen LogP contribution in [-0.4, -0.2) is 54.8 Å². The second-order valence-electron chi connectivity index (χ2n) is 7.66. The summed E-state index contributed by atoms with van der Waals surface area (Å²) < 4.78 is 0. The topological polar surface area (TPSA) is 48.5 Å².